The molecule has 1 aromatic heterocycles. The number of nitriles is 1. The second kappa shape index (κ2) is 9.19. The van der Waals surface area contributed by atoms with Crippen LogP contribution in [0, 0.1) is 23.2 Å². The van der Waals surface area contributed by atoms with Gasteiger partial charge in [0.1, 0.15) is 6.07 Å². The van der Waals surface area contributed by atoms with Crippen LogP contribution in [0.3, 0.4) is 0 Å². The Morgan fingerprint density at radius 2 is 1.86 bits per heavy atom. The summed E-state index contributed by atoms with van der Waals surface area (Å²) in [5.74, 6) is 6.70. The Balaban J connectivity index is 1.51. The molecule has 2 N–H and O–H groups in total. The Kier molecular flexibility index (Phi) is 5.92. The van der Waals surface area contributed by atoms with Crippen molar-refractivity contribution in [2.75, 3.05) is 18.1 Å². The number of rotatable bonds is 3. The van der Waals surface area contributed by atoms with Crippen LogP contribution in [0.25, 0.3) is 10.9 Å². The van der Waals surface area contributed by atoms with E-state index in [1.807, 2.05) is 6.07 Å². The molecule has 2 heterocycles. The highest BCUT2D eigenvalue weighted by atomic mass is 32.2. The number of sulfone groups is 1. The summed E-state index contributed by atoms with van der Waals surface area (Å²) < 4.78 is 23.4. The fraction of sp³-hybridized carbons (Fsp3) is 0.148. The maximum atomic E-state index is 11.7. The molecule has 0 fully saturated rings. The van der Waals surface area contributed by atoms with Gasteiger partial charge in [-0.25, -0.2) is 18.4 Å². The van der Waals surface area contributed by atoms with Crippen molar-refractivity contribution in [2.45, 2.75) is 17.9 Å². The third-order valence-corrected chi connectivity index (χ3v) is 6.96. The first-order valence-corrected chi connectivity index (χ1v) is 12.9. The highest BCUT2D eigenvalue weighted by Crippen LogP contribution is 2.23. The molecule has 8 heteroatoms. The summed E-state index contributed by atoms with van der Waals surface area (Å²) >= 11 is 0. The summed E-state index contributed by atoms with van der Waals surface area (Å²) in [5.41, 5.74) is 5.68. The lowest BCUT2D eigenvalue weighted by atomic mass is 9.98. The third-order valence-electron chi connectivity index (χ3n) is 5.84. The van der Waals surface area contributed by atoms with Gasteiger partial charge in [-0.3, -0.25) is 0 Å². The quantitative estimate of drug-likeness (QED) is 0.432. The second-order valence-electron chi connectivity index (χ2n) is 8.31. The van der Waals surface area contributed by atoms with Gasteiger partial charge in [-0.05, 0) is 72.6 Å². The van der Waals surface area contributed by atoms with Gasteiger partial charge in [-0.15, -0.1) is 0 Å². The van der Waals surface area contributed by atoms with Crippen LogP contribution in [-0.2, 0) is 22.8 Å². The van der Waals surface area contributed by atoms with E-state index in [-0.39, 0.29) is 4.90 Å². The van der Waals surface area contributed by atoms with Crippen LogP contribution in [0.5, 0.6) is 0 Å². The summed E-state index contributed by atoms with van der Waals surface area (Å²) in [6.07, 6.45) is 3.81. The normalized spacial score (nSPS) is 12.8. The molecule has 1 aliphatic heterocycles. The molecular formula is C27H21N5O2S. The highest BCUT2D eigenvalue weighted by Gasteiger charge is 2.11. The Bertz CT molecular complexity index is 1660. The lowest BCUT2D eigenvalue weighted by Crippen LogP contribution is -2.23. The molecule has 3 aromatic carbocycles. The van der Waals surface area contributed by atoms with Gasteiger partial charge in [-0.1, -0.05) is 17.9 Å². The number of fused-ring (bicyclic) bond motifs is 2. The topological polar surface area (TPSA) is 108 Å². The zero-order chi connectivity index (χ0) is 24.4. The van der Waals surface area contributed by atoms with E-state index in [9.17, 15) is 13.7 Å². The zero-order valence-corrected chi connectivity index (χ0v) is 19.8. The molecule has 0 radical (unpaired) electrons. The van der Waals surface area contributed by atoms with Crippen LogP contribution >= 0.6 is 0 Å². The van der Waals surface area contributed by atoms with Gasteiger partial charge < -0.3 is 10.6 Å². The summed E-state index contributed by atoms with van der Waals surface area (Å²) in [6.45, 7) is 1.82. The molecule has 0 saturated carbocycles. The number of hydrogen-bond donors (Lipinski definition) is 2. The summed E-state index contributed by atoms with van der Waals surface area (Å²) in [7, 11) is -3.28. The summed E-state index contributed by atoms with van der Waals surface area (Å²) in [4.78, 5) is 9.22. The molecule has 0 bridgehead atoms. The van der Waals surface area contributed by atoms with Crippen molar-refractivity contribution in [3.63, 3.8) is 0 Å². The third kappa shape index (κ3) is 4.85. The van der Waals surface area contributed by atoms with Crippen LogP contribution < -0.4 is 10.6 Å². The van der Waals surface area contributed by atoms with Gasteiger partial charge in [0.2, 0.25) is 5.95 Å². The Morgan fingerprint density at radius 1 is 1.03 bits per heavy atom. The number of hydrogen-bond acceptors (Lipinski definition) is 7. The van der Waals surface area contributed by atoms with E-state index in [2.05, 4.69) is 50.6 Å². The predicted molar refractivity (Wildman–Crippen MR) is 135 cm³/mol. The predicted octanol–water partition coefficient (Wildman–Crippen LogP) is 3.69. The van der Waals surface area contributed by atoms with E-state index in [1.165, 1.54) is 29.5 Å². The lowest BCUT2D eigenvalue weighted by Gasteiger charge is -2.16. The van der Waals surface area contributed by atoms with Crippen molar-refractivity contribution in [3.8, 4) is 17.9 Å². The van der Waals surface area contributed by atoms with Crippen molar-refractivity contribution in [1.29, 1.82) is 5.26 Å². The summed E-state index contributed by atoms with van der Waals surface area (Å²) in [5, 5.41) is 16.9. The molecule has 5 rings (SSSR count). The minimum atomic E-state index is -3.28. The second-order valence-corrected chi connectivity index (χ2v) is 10.3. The standard InChI is InChI=1S/C27H21N5O2S/c1-35(33,34)24-9-7-23(8-10-24)31-27-30-17-22-6-5-20(15-28)25(26(22)32-27)11-3-18-2-4-21-16-29-13-12-19(21)14-18/h2,4-10,14,17,29H,12-13,16H2,1H3,(H,30,31,32). The molecule has 1 aliphatic rings. The van der Waals surface area contributed by atoms with Crippen molar-refractivity contribution in [1.82, 2.24) is 15.3 Å². The molecule has 0 aliphatic carbocycles. The van der Waals surface area contributed by atoms with Crippen molar-refractivity contribution >= 4 is 32.4 Å². The molecule has 0 unspecified atom stereocenters. The average molecular weight is 480 g/mol. The SMILES string of the molecule is CS(=O)(=O)c1ccc(Nc2ncc3ccc(C#N)c(C#Cc4ccc5c(c4)CCNC5)c3n2)cc1. The maximum Gasteiger partial charge on any atom is 0.227 e. The first kappa shape index (κ1) is 22.5. The minimum Gasteiger partial charge on any atom is -0.324 e. The Morgan fingerprint density at radius 3 is 2.63 bits per heavy atom. The van der Waals surface area contributed by atoms with Gasteiger partial charge in [0, 0.05) is 35.6 Å². The van der Waals surface area contributed by atoms with E-state index in [1.54, 1.807) is 30.5 Å². The van der Waals surface area contributed by atoms with Gasteiger partial charge in [-0.2, -0.15) is 5.26 Å². The van der Waals surface area contributed by atoms with Crippen LogP contribution in [0.2, 0.25) is 0 Å². The van der Waals surface area contributed by atoms with Crippen molar-refractivity contribution in [2.24, 2.45) is 0 Å². The largest absolute Gasteiger partial charge is 0.324 e. The first-order valence-electron chi connectivity index (χ1n) is 11.0. The van der Waals surface area contributed by atoms with E-state index in [0.717, 1.165) is 30.5 Å². The first-order chi connectivity index (χ1) is 16.9. The van der Waals surface area contributed by atoms with Gasteiger partial charge in [0.25, 0.3) is 0 Å². The van der Waals surface area contributed by atoms with Crippen LogP contribution in [0.4, 0.5) is 11.6 Å². The molecule has 35 heavy (non-hydrogen) atoms. The molecule has 4 aromatic rings. The van der Waals surface area contributed by atoms with Gasteiger partial charge >= 0.3 is 0 Å². The zero-order valence-electron chi connectivity index (χ0n) is 19.0. The molecule has 0 amide bonds. The number of nitrogens with zero attached hydrogens (tertiary/aromatic N) is 3. The summed E-state index contributed by atoms with van der Waals surface area (Å²) in [6, 6.07) is 18.3. The number of anilines is 2. The number of aromatic nitrogens is 2. The fourth-order valence-corrected chi connectivity index (χ4v) is 4.61. The smallest absolute Gasteiger partial charge is 0.227 e. The lowest BCUT2D eigenvalue weighted by molar-refractivity contribution is 0.602. The van der Waals surface area contributed by atoms with Crippen LogP contribution in [0.1, 0.15) is 27.8 Å². The monoisotopic (exact) mass is 479 g/mol. The Hall–Kier alpha value is -4.24. The Labute approximate surface area is 203 Å². The van der Waals surface area contributed by atoms with E-state index in [4.69, 9.17) is 0 Å². The van der Waals surface area contributed by atoms with Gasteiger partial charge in [0.05, 0.1) is 21.5 Å². The van der Waals surface area contributed by atoms with Crippen LogP contribution in [-0.4, -0.2) is 31.2 Å². The van der Waals surface area contributed by atoms with Crippen molar-refractivity contribution in [3.05, 3.63) is 88.6 Å². The maximum absolute atomic E-state index is 11.7. The van der Waals surface area contributed by atoms with E-state index in [0.29, 0.717) is 28.3 Å². The van der Waals surface area contributed by atoms with E-state index >= 15 is 0 Å². The van der Waals surface area contributed by atoms with E-state index < -0.39 is 9.84 Å². The molecule has 7 nitrogen and oxygen atoms in total. The number of benzene rings is 3. The highest BCUT2D eigenvalue weighted by molar-refractivity contribution is 7.90. The fourth-order valence-electron chi connectivity index (χ4n) is 3.98. The number of nitrogens with one attached hydrogen (secondary N) is 2. The molecule has 0 spiro atoms. The van der Waals surface area contributed by atoms with Gasteiger partial charge in [0.15, 0.2) is 9.84 Å². The van der Waals surface area contributed by atoms with Crippen LogP contribution in [0.15, 0.2) is 65.7 Å². The molecule has 0 atom stereocenters. The molecule has 172 valence electrons. The molecule has 0 saturated heterocycles. The van der Waals surface area contributed by atoms with Crippen molar-refractivity contribution < 1.29 is 8.42 Å². The minimum absolute atomic E-state index is 0.233. The molecular weight excluding hydrogens is 458 g/mol. The average Bonchev–Trinajstić information content (AvgIpc) is 2.87.